The van der Waals surface area contributed by atoms with E-state index in [1.54, 1.807) is 0 Å². The maximum absolute atomic E-state index is 12.9. The van der Waals surface area contributed by atoms with Crippen LogP contribution in [0, 0.1) is 0 Å². The normalized spacial score (nSPS) is 16.1. The van der Waals surface area contributed by atoms with Gasteiger partial charge in [-0.2, -0.15) is 4.79 Å². The van der Waals surface area contributed by atoms with Gasteiger partial charge in [0.1, 0.15) is 18.7 Å². The van der Waals surface area contributed by atoms with Gasteiger partial charge >= 0.3 is 12.3 Å². The molecule has 1 aliphatic heterocycles. The summed E-state index contributed by atoms with van der Waals surface area (Å²) in [5.74, 6) is -0.967. The zero-order chi connectivity index (χ0) is 22.1. The molecule has 1 saturated heterocycles. The van der Waals surface area contributed by atoms with E-state index in [1.807, 2.05) is 60.7 Å². The van der Waals surface area contributed by atoms with Gasteiger partial charge in [0.05, 0.1) is 0 Å². The molecule has 0 saturated carbocycles. The zero-order valence-electron chi connectivity index (χ0n) is 17.0. The third-order valence-electron chi connectivity index (χ3n) is 5.12. The Bertz CT molecular complexity index is 958. The van der Waals surface area contributed by atoms with Crippen molar-refractivity contribution in [1.29, 1.82) is 0 Å². The van der Waals surface area contributed by atoms with Crippen LogP contribution < -0.4 is 5.32 Å². The third-order valence-corrected chi connectivity index (χ3v) is 5.12. The van der Waals surface area contributed by atoms with Crippen molar-refractivity contribution in [2.75, 3.05) is 6.54 Å². The van der Waals surface area contributed by atoms with Gasteiger partial charge in [0.2, 0.25) is 5.91 Å². The van der Waals surface area contributed by atoms with Crippen LogP contribution in [-0.2, 0) is 27.4 Å². The van der Waals surface area contributed by atoms with E-state index in [-0.39, 0.29) is 13.0 Å². The van der Waals surface area contributed by atoms with Crippen molar-refractivity contribution in [3.63, 3.8) is 0 Å². The highest BCUT2D eigenvalue weighted by Crippen LogP contribution is 2.19. The minimum atomic E-state index is -0.909. The van der Waals surface area contributed by atoms with Crippen molar-refractivity contribution in [2.45, 2.75) is 38.0 Å². The van der Waals surface area contributed by atoms with Crippen LogP contribution in [0.25, 0.3) is 5.53 Å². The summed E-state index contributed by atoms with van der Waals surface area (Å²) in [6.45, 7) is 0.522. The molecule has 31 heavy (non-hydrogen) atoms. The van der Waals surface area contributed by atoms with Gasteiger partial charge in [-0.15, -0.1) is 0 Å². The Labute approximate surface area is 180 Å². The number of ketones is 1. The molecule has 0 aromatic heterocycles. The molecule has 0 unspecified atom stereocenters. The molecule has 1 aliphatic rings. The minimum Gasteiger partial charge on any atom is -0.445 e. The first-order valence-electron chi connectivity index (χ1n) is 10.1. The number of carbonyl (C=O) groups excluding carboxylic acids is 3. The summed E-state index contributed by atoms with van der Waals surface area (Å²) in [4.78, 5) is 42.0. The average Bonchev–Trinajstić information content (AvgIpc) is 3.29. The summed E-state index contributed by atoms with van der Waals surface area (Å²) in [6.07, 6.45) is 1.58. The molecule has 2 aromatic rings. The predicted molar refractivity (Wildman–Crippen MR) is 113 cm³/mol. The third kappa shape index (κ3) is 6.10. The van der Waals surface area contributed by atoms with Gasteiger partial charge in [-0.25, -0.2) is 4.79 Å². The fourth-order valence-corrected chi connectivity index (χ4v) is 3.55. The lowest BCUT2D eigenvalue weighted by Gasteiger charge is -2.25. The Morgan fingerprint density at radius 2 is 1.74 bits per heavy atom. The Morgan fingerprint density at radius 3 is 2.39 bits per heavy atom. The molecule has 2 aromatic carbocycles. The lowest BCUT2D eigenvalue weighted by molar-refractivity contribution is -0.129. The smallest absolute Gasteiger partial charge is 0.410 e. The number of benzene rings is 2. The molecular weight excluding hydrogens is 396 g/mol. The molecule has 0 spiro atoms. The van der Waals surface area contributed by atoms with Crippen molar-refractivity contribution >= 4 is 24.0 Å². The van der Waals surface area contributed by atoms with Gasteiger partial charge < -0.3 is 15.6 Å². The number of amides is 2. The highest BCUT2D eigenvalue weighted by molar-refractivity contribution is 6.28. The number of likely N-dealkylation sites (tertiary alicyclic amines) is 1. The number of nitrogens with one attached hydrogen (secondary N) is 1. The molecule has 2 atom stereocenters. The molecule has 0 bridgehead atoms. The van der Waals surface area contributed by atoms with E-state index in [0.717, 1.165) is 17.3 Å². The number of hydrogen-bond donors (Lipinski definition) is 1. The van der Waals surface area contributed by atoms with E-state index in [9.17, 15) is 14.4 Å². The summed E-state index contributed by atoms with van der Waals surface area (Å²) in [7, 11) is 0. The molecule has 1 fully saturated rings. The van der Waals surface area contributed by atoms with Crippen LogP contribution in [0.1, 0.15) is 24.0 Å². The number of carbonyl (C=O) groups is 3. The fraction of sp³-hybridized carbons (Fsp3) is 0.304. The van der Waals surface area contributed by atoms with Crippen molar-refractivity contribution in [3.8, 4) is 0 Å². The van der Waals surface area contributed by atoms with Crippen molar-refractivity contribution in [2.24, 2.45) is 0 Å². The number of nitrogens with zero attached hydrogens (tertiary/aromatic N) is 3. The maximum atomic E-state index is 12.9. The molecule has 2 amide bonds. The van der Waals surface area contributed by atoms with Gasteiger partial charge in [0.25, 0.3) is 5.78 Å². The second kappa shape index (κ2) is 10.8. The molecule has 0 radical (unpaired) electrons. The summed E-state index contributed by atoms with van der Waals surface area (Å²) in [5, 5.41) is 2.71. The number of rotatable bonds is 8. The van der Waals surface area contributed by atoms with Crippen molar-refractivity contribution < 1.29 is 23.9 Å². The van der Waals surface area contributed by atoms with Crippen LogP contribution in [0.2, 0.25) is 0 Å². The molecular formula is C23H24N4O4. The SMILES string of the molecule is [N-]=[N+]=CC(=O)[C@H](Cc1ccccc1)NC(=O)[C@@H]1CCCN1C(=O)OCc1ccccc1. The van der Waals surface area contributed by atoms with E-state index < -0.39 is 29.9 Å². The first-order chi connectivity index (χ1) is 15.1. The molecule has 8 heteroatoms. The van der Waals surface area contributed by atoms with Crippen LogP contribution in [0.5, 0.6) is 0 Å². The zero-order valence-corrected chi connectivity index (χ0v) is 17.0. The monoisotopic (exact) mass is 420 g/mol. The maximum Gasteiger partial charge on any atom is 0.410 e. The molecule has 3 rings (SSSR count). The lowest BCUT2D eigenvalue weighted by Crippen LogP contribution is -2.51. The summed E-state index contributed by atoms with van der Waals surface area (Å²) >= 11 is 0. The minimum absolute atomic E-state index is 0.118. The first-order valence-corrected chi connectivity index (χ1v) is 10.1. The van der Waals surface area contributed by atoms with Gasteiger partial charge in [-0.05, 0) is 24.0 Å². The second-order valence-corrected chi connectivity index (χ2v) is 7.29. The lowest BCUT2D eigenvalue weighted by atomic mass is 10.0. The number of Topliss-reactive ketones (excluding diaryl/α,β-unsaturated/α-hetero) is 1. The van der Waals surface area contributed by atoms with E-state index in [0.29, 0.717) is 19.4 Å². The Hall–Kier alpha value is -3.77. The fourth-order valence-electron chi connectivity index (χ4n) is 3.55. The quantitative estimate of drug-likeness (QED) is 0.401. The summed E-state index contributed by atoms with van der Waals surface area (Å²) in [5.41, 5.74) is 10.4. The number of ether oxygens (including phenoxy) is 1. The van der Waals surface area contributed by atoms with Gasteiger partial charge in [-0.3, -0.25) is 14.5 Å². The number of hydrogen-bond acceptors (Lipinski definition) is 4. The van der Waals surface area contributed by atoms with Crippen LogP contribution in [-0.4, -0.2) is 52.3 Å². The van der Waals surface area contributed by atoms with E-state index in [2.05, 4.69) is 10.1 Å². The van der Waals surface area contributed by atoms with Crippen molar-refractivity contribution in [1.82, 2.24) is 10.2 Å². The standard InChI is InChI=1S/C23H24N4O4/c24-25-15-21(28)19(14-17-8-3-1-4-9-17)26-22(29)20-12-7-13-27(20)23(30)31-16-18-10-5-2-6-11-18/h1-6,8-11,15,19-20H,7,12-14,16H2,(H,26,29)/t19-,20-/m0/s1. The highest BCUT2D eigenvalue weighted by Gasteiger charge is 2.37. The average molecular weight is 420 g/mol. The van der Waals surface area contributed by atoms with Gasteiger partial charge in [0, 0.05) is 13.0 Å². The Balaban J connectivity index is 1.64. The summed E-state index contributed by atoms with van der Waals surface area (Å²) < 4.78 is 5.36. The second-order valence-electron chi connectivity index (χ2n) is 7.29. The first kappa shape index (κ1) is 21.9. The van der Waals surface area contributed by atoms with Crippen LogP contribution >= 0.6 is 0 Å². The van der Waals surface area contributed by atoms with E-state index >= 15 is 0 Å². The van der Waals surface area contributed by atoms with Gasteiger partial charge in [0.15, 0.2) is 0 Å². The largest absolute Gasteiger partial charge is 0.445 e. The Kier molecular flexibility index (Phi) is 7.67. The molecule has 160 valence electrons. The van der Waals surface area contributed by atoms with Crippen LogP contribution in [0.3, 0.4) is 0 Å². The molecule has 1 heterocycles. The van der Waals surface area contributed by atoms with Crippen LogP contribution in [0.15, 0.2) is 60.7 Å². The van der Waals surface area contributed by atoms with Crippen LogP contribution in [0.4, 0.5) is 4.79 Å². The molecule has 0 aliphatic carbocycles. The van der Waals surface area contributed by atoms with Gasteiger partial charge in [-0.1, -0.05) is 60.7 Å². The van der Waals surface area contributed by atoms with E-state index in [1.165, 1.54) is 4.90 Å². The Morgan fingerprint density at radius 1 is 1.10 bits per heavy atom. The predicted octanol–water partition coefficient (Wildman–Crippen LogP) is 2.38. The molecule has 1 N–H and O–H groups in total. The topological polar surface area (TPSA) is 112 Å². The van der Waals surface area contributed by atoms with Crippen molar-refractivity contribution in [3.05, 3.63) is 77.3 Å². The summed E-state index contributed by atoms with van der Waals surface area (Å²) in [6, 6.07) is 16.9. The van der Waals surface area contributed by atoms with E-state index in [4.69, 9.17) is 10.3 Å². The molecule has 8 nitrogen and oxygen atoms in total. The highest BCUT2D eigenvalue weighted by atomic mass is 16.6.